The van der Waals surface area contributed by atoms with Crippen molar-refractivity contribution in [3.63, 3.8) is 0 Å². The maximum Gasteiger partial charge on any atom is 0.119 e. The molecular formula is C26H28ClNO2. The van der Waals surface area contributed by atoms with Crippen molar-refractivity contribution in [1.29, 1.82) is 0 Å². The van der Waals surface area contributed by atoms with Gasteiger partial charge in [0.05, 0.1) is 5.03 Å². The van der Waals surface area contributed by atoms with Gasteiger partial charge in [0.2, 0.25) is 0 Å². The van der Waals surface area contributed by atoms with Gasteiger partial charge >= 0.3 is 0 Å². The molecule has 0 aromatic heterocycles. The van der Waals surface area contributed by atoms with Crippen LogP contribution in [0.4, 0.5) is 0 Å². The van der Waals surface area contributed by atoms with Gasteiger partial charge in [-0.25, -0.2) is 0 Å². The summed E-state index contributed by atoms with van der Waals surface area (Å²) in [6.07, 6.45) is 0. The molecule has 3 aromatic rings. The van der Waals surface area contributed by atoms with Crippen molar-refractivity contribution in [1.82, 2.24) is 4.90 Å². The van der Waals surface area contributed by atoms with Crippen molar-refractivity contribution in [2.24, 2.45) is 0 Å². The van der Waals surface area contributed by atoms with E-state index in [2.05, 4.69) is 18.7 Å². The van der Waals surface area contributed by atoms with Gasteiger partial charge in [0.25, 0.3) is 0 Å². The maximum atomic E-state index is 9.60. The molecule has 3 aromatic carbocycles. The van der Waals surface area contributed by atoms with Gasteiger partial charge in [0.15, 0.2) is 0 Å². The van der Waals surface area contributed by atoms with Gasteiger partial charge in [-0.05, 0) is 66.2 Å². The van der Waals surface area contributed by atoms with Crippen LogP contribution in [0.25, 0.3) is 10.6 Å². The number of nitrogens with zero attached hydrogens (tertiary/aromatic N) is 1. The number of hydrogen-bond acceptors (Lipinski definition) is 3. The molecule has 156 valence electrons. The summed E-state index contributed by atoms with van der Waals surface area (Å²) in [5.41, 5.74) is 3.84. The Balaban J connectivity index is 1.88. The first kappa shape index (κ1) is 21.9. The molecule has 0 atom stereocenters. The van der Waals surface area contributed by atoms with Crippen LogP contribution in [0, 0.1) is 0 Å². The third-order valence-corrected chi connectivity index (χ3v) is 5.52. The number of benzene rings is 3. The van der Waals surface area contributed by atoms with E-state index < -0.39 is 0 Å². The monoisotopic (exact) mass is 421 g/mol. The summed E-state index contributed by atoms with van der Waals surface area (Å²) in [6, 6.07) is 25.1. The van der Waals surface area contributed by atoms with E-state index in [-0.39, 0.29) is 5.75 Å². The topological polar surface area (TPSA) is 32.7 Å². The van der Waals surface area contributed by atoms with Crippen molar-refractivity contribution in [3.05, 3.63) is 95.6 Å². The minimum Gasteiger partial charge on any atom is -0.508 e. The molecule has 1 N–H and O–H groups in total. The lowest BCUT2D eigenvalue weighted by Crippen LogP contribution is -2.27. The molecule has 0 unspecified atom stereocenters. The highest BCUT2D eigenvalue weighted by atomic mass is 35.5. The van der Waals surface area contributed by atoms with Crippen LogP contribution < -0.4 is 4.74 Å². The largest absolute Gasteiger partial charge is 0.508 e. The molecule has 0 heterocycles. The van der Waals surface area contributed by atoms with Crippen LogP contribution in [0.3, 0.4) is 0 Å². The van der Waals surface area contributed by atoms with E-state index in [1.807, 2.05) is 66.7 Å². The zero-order valence-electron chi connectivity index (χ0n) is 17.5. The molecule has 0 aliphatic rings. The van der Waals surface area contributed by atoms with Gasteiger partial charge in [0, 0.05) is 12.1 Å². The molecule has 0 saturated heterocycles. The molecule has 4 heteroatoms. The lowest BCUT2D eigenvalue weighted by atomic mass is 9.95. The number of halogens is 1. The van der Waals surface area contributed by atoms with Crippen LogP contribution >= 0.6 is 11.6 Å². The van der Waals surface area contributed by atoms with E-state index in [1.165, 1.54) is 0 Å². The van der Waals surface area contributed by atoms with Crippen LogP contribution in [-0.4, -0.2) is 36.2 Å². The van der Waals surface area contributed by atoms with Crippen LogP contribution in [0.1, 0.15) is 30.5 Å². The number of aromatic hydroxyl groups is 1. The SMILES string of the molecule is CCN(CC)CCOc1ccc(/C(=C(\Cl)c2ccc(O)cc2)c2ccccc2)cc1. The fraction of sp³-hybridized carbons (Fsp3) is 0.231. The molecule has 30 heavy (non-hydrogen) atoms. The molecule has 0 amide bonds. The number of phenolic OH excluding ortho intramolecular Hbond substituents is 1. The number of phenols is 1. The number of hydrogen-bond donors (Lipinski definition) is 1. The lowest BCUT2D eigenvalue weighted by Gasteiger charge is -2.18. The Bertz CT molecular complexity index is 947. The highest BCUT2D eigenvalue weighted by Crippen LogP contribution is 2.35. The average molecular weight is 422 g/mol. The van der Waals surface area contributed by atoms with Gasteiger partial charge in [-0.2, -0.15) is 0 Å². The van der Waals surface area contributed by atoms with Gasteiger partial charge in [-0.1, -0.05) is 67.9 Å². The van der Waals surface area contributed by atoms with Crippen molar-refractivity contribution in [2.45, 2.75) is 13.8 Å². The summed E-state index contributed by atoms with van der Waals surface area (Å²) in [7, 11) is 0. The van der Waals surface area contributed by atoms with Crippen molar-refractivity contribution in [2.75, 3.05) is 26.2 Å². The molecule has 0 aliphatic carbocycles. The molecule has 0 fully saturated rings. The Kier molecular flexibility index (Phi) is 7.95. The van der Waals surface area contributed by atoms with E-state index in [4.69, 9.17) is 16.3 Å². The molecule has 0 saturated carbocycles. The molecule has 0 aliphatic heterocycles. The fourth-order valence-electron chi connectivity index (χ4n) is 3.33. The minimum atomic E-state index is 0.218. The normalized spacial score (nSPS) is 12.0. The van der Waals surface area contributed by atoms with Crippen LogP contribution in [0.2, 0.25) is 0 Å². The highest BCUT2D eigenvalue weighted by Gasteiger charge is 2.13. The first-order valence-electron chi connectivity index (χ1n) is 10.3. The molecule has 3 rings (SSSR count). The lowest BCUT2D eigenvalue weighted by molar-refractivity contribution is 0.223. The maximum absolute atomic E-state index is 9.60. The van der Waals surface area contributed by atoms with Crippen LogP contribution in [0.15, 0.2) is 78.9 Å². The third kappa shape index (κ3) is 5.65. The molecule has 0 spiro atoms. The molecule has 3 nitrogen and oxygen atoms in total. The van der Waals surface area contributed by atoms with Crippen molar-refractivity contribution >= 4 is 22.2 Å². The van der Waals surface area contributed by atoms with Crippen molar-refractivity contribution < 1.29 is 9.84 Å². The number of likely N-dealkylation sites (N-methyl/N-ethyl adjacent to an activating group) is 1. The van der Waals surface area contributed by atoms with Crippen LogP contribution in [-0.2, 0) is 0 Å². The van der Waals surface area contributed by atoms with Gasteiger partial charge in [-0.15, -0.1) is 0 Å². The summed E-state index contributed by atoms with van der Waals surface area (Å²) < 4.78 is 5.92. The highest BCUT2D eigenvalue weighted by molar-refractivity contribution is 6.53. The Hall–Kier alpha value is -2.75. The second kappa shape index (κ2) is 10.9. The smallest absolute Gasteiger partial charge is 0.119 e. The second-order valence-corrected chi connectivity index (χ2v) is 7.38. The Morgan fingerprint density at radius 3 is 1.97 bits per heavy atom. The predicted octanol–water partition coefficient (Wildman–Crippen LogP) is 6.27. The zero-order valence-corrected chi connectivity index (χ0v) is 18.3. The first-order chi connectivity index (χ1) is 14.6. The van der Waals surface area contributed by atoms with Gasteiger partial charge < -0.3 is 14.7 Å². The first-order valence-corrected chi connectivity index (χ1v) is 10.7. The minimum absolute atomic E-state index is 0.218. The number of rotatable bonds is 9. The fourth-order valence-corrected chi connectivity index (χ4v) is 3.67. The number of ether oxygens (including phenoxy) is 1. The summed E-state index contributed by atoms with van der Waals surface area (Å²) in [5.74, 6) is 1.06. The zero-order chi connectivity index (χ0) is 21.3. The van der Waals surface area contributed by atoms with Gasteiger partial charge in [-0.3, -0.25) is 0 Å². The third-order valence-electron chi connectivity index (χ3n) is 5.12. The molecule has 0 bridgehead atoms. The van der Waals surface area contributed by atoms with E-state index >= 15 is 0 Å². The predicted molar refractivity (Wildman–Crippen MR) is 126 cm³/mol. The summed E-state index contributed by atoms with van der Waals surface area (Å²) in [4.78, 5) is 2.34. The quantitative estimate of drug-likeness (QED) is 0.413. The van der Waals surface area contributed by atoms with E-state index in [0.29, 0.717) is 11.6 Å². The average Bonchev–Trinajstić information content (AvgIpc) is 2.79. The molecule has 0 radical (unpaired) electrons. The Labute approximate surface area is 184 Å². The Morgan fingerprint density at radius 2 is 1.37 bits per heavy atom. The summed E-state index contributed by atoms with van der Waals surface area (Å²) >= 11 is 6.85. The Morgan fingerprint density at radius 1 is 0.800 bits per heavy atom. The van der Waals surface area contributed by atoms with E-state index in [9.17, 15) is 5.11 Å². The molecular weight excluding hydrogens is 394 g/mol. The van der Waals surface area contributed by atoms with Crippen molar-refractivity contribution in [3.8, 4) is 11.5 Å². The standard InChI is InChI=1S/C26H28ClNO2/c1-3-28(4-2)18-19-30-24-16-12-21(13-17-24)25(20-8-6-5-7-9-20)26(27)22-10-14-23(29)15-11-22/h5-17,29H,3-4,18-19H2,1-2H3/b26-25-. The van der Waals surface area contributed by atoms with Crippen LogP contribution in [0.5, 0.6) is 11.5 Å². The second-order valence-electron chi connectivity index (χ2n) is 7.00. The van der Waals surface area contributed by atoms with E-state index in [1.54, 1.807) is 12.1 Å². The summed E-state index contributed by atoms with van der Waals surface area (Å²) in [6.45, 7) is 7.95. The van der Waals surface area contributed by atoms with E-state index in [0.717, 1.165) is 47.6 Å². The van der Waals surface area contributed by atoms with Gasteiger partial charge in [0.1, 0.15) is 18.1 Å². The summed E-state index contributed by atoms with van der Waals surface area (Å²) in [5, 5.41) is 10.2.